The highest BCUT2D eigenvalue weighted by Crippen LogP contribution is 2.40. The number of ether oxygens (including phenoxy) is 1. The summed E-state index contributed by atoms with van der Waals surface area (Å²) in [6.45, 7) is 4.77. The molecule has 2 aromatic carbocycles. The zero-order valence-electron chi connectivity index (χ0n) is 14.7. The maximum absolute atomic E-state index is 12.5. The maximum atomic E-state index is 12.5. The molecule has 0 saturated carbocycles. The van der Waals surface area contributed by atoms with Crippen molar-refractivity contribution in [1.82, 2.24) is 5.32 Å². The highest BCUT2D eigenvalue weighted by atomic mass is 16.6. The minimum Gasteiger partial charge on any atom is -0.489 e. The van der Waals surface area contributed by atoms with Gasteiger partial charge in [0.25, 0.3) is 11.6 Å². The first-order valence-corrected chi connectivity index (χ1v) is 8.54. The predicted molar refractivity (Wildman–Crippen MR) is 98.9 cm³/mol. The summed E-state index contributed by atoms with van der Waals surface area (Å²) in [6, 6.07) is 12.0. The summed E-state index contributed by atoms with van der Waals surface area (Å²) in [5, 5.41) is 16.8. The van der Waals surface area contributed by atoms with E-state index in [2.05, 4.69) is 17.6 Å². The van der Waals surface area contributed by atoms with Gasteiger partial charge in [0.15, 0.2) is 0 Å². The highest BCUT2D eigenvalue weighted by Gasteiger charge is 2.30. The molecule has 3 rings (SSSR count). The third kappa shape index (κ3) is 3.46. The number of nitro benzene ring substituents is 1. The van der Waals surface area contributed by atoms with Gasteiger partial charge in [0.2, 0.25) is 0 Å². The van der Waals surface area contributed by atoms with Crippen molar-refractivity contribution in [3.63, 3.8) is 0 Å². The number of nitrogens with zero attached hydrogens (tertiary/aromatic N) is 1. The number of amides is 1. The molecule has 1 amide bonds. The fraction of sp³-hybridized carbons (Fsp3) is 0.316. The number of rotatable bonds is 6. The Morgan fingerprint density at radius 1 is 1.15 bits per heavy atom. The van der Waals surface area contributed by atoms with Gasteiger partial charge in [-0.1, -0.05) is 31.2 Å². The molecule has 1 heterocycles. The fourth-order valence-electron chi connectivity index (χ4n) is 3.02. The number of benzene rings is 2. The van der Waals surface area contributed by atoms with Crippen molar-refractivity contribution < 1.29 is 14.5 Å². The number of nitrogens with one attached hydrogen (secondary N) is 2. The molecule has 2 aromatic rings. The van der Waals surface area contributed by atoms with Gasteiger partial charge in [-0.15, -0.1) is 0 Å². The quantitative estimate of drug-likeness (QED) is 0.471. The number of hydrogen-bond acceptors (Lipinski definition) is 5. The van der Waals surface area contributed by atoms with Gasteiger partial charge in [-0.3, -0.25) is 14.9 Å². The standard InChI is InChI=1S/C19H21N3O4/c1-12-13(2)26-18-14(12)6-5-7-15(18)19(23)21-11-10-20-16-8-3-4-9-17(16)22(24)25/h3-9,12-13,20H,10-11H2,1-2H3,(H,21,23)/t12-,13+/m0/s1. The lowest BCUT2D eigenvalue weighted by atomic mass is 9.97. The summed E-state index contributed by atoms with van der Waals surface area (Å²) in [6.07, 6.45) is 0.0410. The van der Waals surface area contributed by atoms with Gasteiger partial charge in [-0.25, -0.2) is 0 Å². The highest BCUT2D eigenvalue weighted by molar-refractivity contribution is 5.97. The van der Waals surface area contributed by atoms with Gasteiger partial charge >= 0.3 is 0 Å². The van der Waals surface area contributed by atoms with Gasteiger partial charge < -0.3 is 15.4 Å². The monoisotopic (exact) mass is 355 g/mol. The molecule has 0 unspecified atom stereocenters. The van der Waals surface area contributed by atoms with Gasteiger partial charge in [-0.05, 0) is 19.1 Å². The third-order valence-corrected chi connectivity index (χ3v) is 4.62. The van der Waals surface area contributed by atoms with Crippen molar-refractivity contribution in [1.29, 1.82) is 0 Å². The Morgan fingerprint density at radius 3 is 2.69 bits per heavy atom. The maximum Gasteiger partial charge on any atom is 0.292 e. The van der Waals surface area contributed by atoms with Gasteiger partial charge in [-0.2, -0.15) is 0 Å². The molecule has 0 saturated heterocycles. The molecule has 2 atom stereocenters. The van der Waals surface area contributed by atoms with Crippen LogP contribution in [0.4, 0.5) is 11.4 Å². The van der Waals surface area contributed by atoms with Crippen LogP contribution in [0.2, 0.25) is 0 Å². The van der Waals surface area contributed by atoms with E-state index in [9.17, 15) is 14.9 Å². The van der Waals surface area contributed by atoms with Crippen molar-refractivity contribution in [3.8, 4) is 5.75 Å². The number of carbonyl (C=O) groups is 1. The van der Waals surface area contributed by atoms with E-state index in [1.165, 1.54) is 6.07 Å². The van der Waals surface area contributed by atoms with Crippen LogP contribution in [0, 0.1) is 10.1 Å². The number of para-hydroxylation sites is 3. The van der Waals surface area contributed by atoms with Crippen LogP contribution < -0.4 is 15.4 Å². The first-order chi connectivity index (χ1) is 12.5. The summed E-state index contributed by atoms with van der Waals surface area (Å²) in [4.78, 5) is 23.0. The average molecular weight is 355 g/mol. The molecule has 0 aromatic heterocycles. The van der Waals surface area contributed by atoms with E-state index >= 15 is 0 Å². The minimum absolute atomic E-state index is 0.0103. The van der Waals surface area contributed by atoms with Gasteiger partial charge in [0, 0.05) is 30.6 Å². The van der Waals surface area contributed by atoms with Crippen molar-refractivity contribution in [2.75, 3.05) is 18.4 Å². The molecule has 136 valence electrons. The van der Waals surface area contributed by atoms with Crippen LogP contribution >= 0.6 is 0 Å². The fourth-order valence-corrected chi connectivity index (χ4v) is 3.02. The molecule has 0 fully saturated rings. The summed E-state index contributed by atoms with van der Waals surface area (Å²) in [5.74, 6) is 0.683. The van der Waals surface area contributed by atoms with E-state index < -0.39 is 4.92 Å². The molecule has 7 nitrogen and oxygen atoms in total. The number of hydrogen-bond donors (Lipinski definition) is 2. The van der Waals surface area contributed by atoms with Crippen LogP contribution in [0.3, 0.4) is 0 Å². The number of nitro groups is 1. The average Bonchev–Trinajstić information content (AvgIpc) is 2.93. The minimum atomic E-state index is -0.437. The predicted octanol–water partition coefficient (Wildman–Crippen LogP) is 3.32. The number of anilines is 1. The molecule has 0 radical (unpaired) electrons. The van der Waals surface area contributed by atoms with Crippen molar-refractivity contribution in [3.05, 3.63) is 63.7 Å². The molecule has 0 spiro atoms. The molecule has 1 aliphatic heterocycles. The molecule has 2 N–H and O–H groups in total. The van der Waals surface area contributed by atoms with Crippen molar-refractivity contribution in [2.24, 2.45) is 0 Å². The Balaban J connectivity index is 1.59. The normalized spacial score (nSPS) is 17.9. The van der Waals surface area contributed by atoms with Crippen molar-refractivity contribution in [2.45, 2.75) is 25.9 Å². The van der Waals surface area contributed by atoms with E-state index in [0.717, 1.165) is 5.56 Å². The molecule has 26 heavy (non-hydrogen) atoms. The number of fused-ring (bicyclic) bond motifs is 1. The lowest BCUT2D eigenvalue weighted by molar-refractivity contribution is -0.384. The van der Waals surface area contributed by atoms with Crippen LogP contribution in [0.1, 0.15) is 35.7 Å². The van der Waals surface area contributed by atoms with Crippen molar-refractivity contribution >= 4 is 17.3 Å². The summed E-state index contributed by atoms with van der Waals surface area (Å²) >= 11 is 0. The summed E-state index contributed by atoms with van der Waals surface area (Å²) in [7, 11) is 0. The Bertz CT molecular complexity index is 837. The zero-order valence-corrected chi connectivity index (χ0v) is 14.7. The Hall–Kier alpha value is -3.09. The Kier molecular flexibility index (Phi) is 5.06. The molecule has 1 aliphatic rings. The first kappa shape index (κ1) is 17.7. The van der Waals surface area contributed by atoms with Crippen LogP contribution in [-0.4, -0.2) is 30.0 Å². The van der Waals surface area contributed by atoms with E-state index in [1.54, 1.807) is 24.3 Å². The third-order valence-electron chi connectivity index (χ3n) is 4.62. The molecule has 0 bridgehead atoms. The van der Waals surface area contributed by atoms with E-state index in [0.29, 0.717) is 30.1 Å². The largest absolute Gasteiger partial charge is 0.489 e. The smallest absolute Gasteiger partial charge is 0.292 e. The Morgan fingerprint density at radius 2 is 1.92 bits per heavy atom. The second-order valence-corrected chi connectivity index (χ2v) is 6.29. The van der Waals surface area contributed by atoms with Gasteiger partial charge in [0.05, 0.1) is 10.5 Å². The summed E-state index contributed by atoms with van der Waals surface area (Å²) in [5.41, 5.74) is 2.00. The van der Waals surface area contributed by atoms with Gasteiger partial charge in [0.1, 0.15) is 17.5 Å². The van der Waals surface area contributed by atoms with E-state index in [-0.39, 0.29) is 23.6 Å². The molecular weight excluding hydrogens is 334 g/mol. The van der Waals surface area contributed by atoms with Crippen LogP contribution in [0.5, 0.6) is 5.75 Å². The Labute approximate surface area is 151 Å². The molecular formula is C19H21N3O4. The summed E-state index contributed by atoms with van der Waals surface area (Å²) < 4.78 is 5.84. The lowest BCUT2D eigenvalue weighted by Crippen LogP contribution is -2.29. The van der Waals surface area contributed by atoms with Crippen LogP contribution in [0.25, 0.3) is 0 Å². The van der Waals surface area contributed by atoms with Crippen LogP contribution in [0.15, 0.2) is 42.5 Å². The zero-order chi connectivity index (χ0) is 18.7. The molecule has 0 aliphatic carbocycles. The molecule has 7 heteroatoms. The second-order valence-electron chi connectivity index (χ2n) is 6.29. The number of carbonyl (C=O) groups excluding carboxylic acids is 1. The topological polar surface area (TPSA) is 93.5 Å². The van der Waals surface area contributed by atoms with E-state index in [1.807, 2.05) is 19.1 Å². The van der Waals surface area contributed by atoms with E-state index in [4.69, 9.17) is 4.74 Å². The second kappa shape index (κ2) is 7.43. The SMILES string of the molecule is C[C@@H]1c2cccc(C(=O)NCCNc3ccccc3[N+](=O)[O-])c2O[C@@H]1C. The van der Waals surface area contributed by atoms with Crippen LogP contribution in [-0.2, 0) is 0 Å². The first-order valence-electron chi connectivity index (χ1n) is 8.54. The lowest BCUT2D eigenvalue weighted by Gasteiger charge is -2.11.